The van der Waals surface area contributed by atoms with E-state index >= 15 is 0 Å². The van der Waals surface area contributed by atoms with Crippen molar-refractivity contribution in [3.63, 3.8) is 0 Å². The molecule has 214 valence electrons. The lowest BCUT2D eigenvalue weighted by Gasteiger charge is -2.28. The monoisotopic (exact) mass is 557 g/mol. The van der Waals surface area contributed by atoms with Crippen molar-refractivity contribution in [1.82, 2.24) is 4.57 Å². The maximum Gasteiger partial charge on any atom is 0.293 e. The lowest BCUT2D eigenvalue weighted by molar-refractivity contribution is -0.705. The van der Waals surface area contributed by atoms with Gasteiger partial charge in [0.1, 0.15) is 17.2 Å². The molecule has 3 atom stereocenters. The van der Waals surface area contributed by atoms with Crippen LogP contribution in [0.3, 0.4) is 0 Å². The van der Waals surface area contributed by atoms with Crippen molar-refractivity contribution in [1.29, 1.82) is 0 Å². The molecule has 5 aromatic rings. The van der Waals surface area contributed by atoms with Crippen LogP contribution < -0.4 is 13.9 Å². The van der Waals surface area contributed by atoms with Crippen molar-refractivity contribution in [3.8, 4) is 28.4 Å². The number of benzene rings is 3. The number of pyridine rings is 1. The molecule has 0 radical (unpaired) electrons. The van der Waals surface area contributed by atoms with Crippen LogP contribution in [0.15, 0.2) is 85.1 Å². The number of hydrogen-bond acceptors (Lipinski definition) is 1. The summed E-state index contributed by atoms with van der Waals surface area (Å²) in [6, 6.07) is 29.2. The Kier molecular flexibility index (Phi) is 5.96. The Morgan fingerprint density at radius 2 is 1.52 bits per heavy atom. The zero-order valence-electron chi connectivity index (χ0n) is 26.3. The van der Waals surface area contributed by atoms with E-state index < -0.39 is 0 Å². The van der Waals surface area contributed by atoms with E-state index in [1.165, 1.54) is 50.4 Å². The molecule has 4 heteroatoms. The second kappa shape index (κ2) is 9.29. The van der Waals surface area contributed by atoms with Gasteiger partial charge in [-0.05, 0) is 59.2 Å². The summed E-state index contributed by atoms with van der Waals surface area (Å²) in [5, 5.41) is 0. The van der Waals surface area contributed by atoms with Crippen LogP contribution in [0.1, 0.15) is 64.3 Å². The number of aryl methyl sites for hydroxylation is 2. The molecule has 7 rings (SSSR count). The molecule has 4 nitrogen and oxygen atoms in total. The zero-order chi connectivity index (χ0) is 29.6. The minimum Gasteiger partial charge on any atom is -0.484 e. The molecule has 3 heterocycles. The fourth-order valence-electron chi connectivity index (χ4n) is 7.00. The van der Waals surface area contributed by atoms with E-state index in [9.17, 15) is 0 Å². The topological polar surface area (TPSA) is 21.9 Å². The molecule has 2 aromatic heterocycles. The molecule has 42 heavy (non-hydrogen) atoms. The molecule has 1 aliphatic heterocycles. The molecule has 2 aliphatic rings. The van der Waals surface area contributed by atoms with Crippen LogP contribution in [0.25, 0.3) is 33.7 Å². The molecule has 3 unspecified atom stereocenters. The molecular weight excluding hydrogens is 514 g/mol. The third-order valence-corrected chi connectivity index (χ3v) is 9.43. The third kappa shape index (κ3) is 4.18. The first-order valence-electron chi connectivity index (χ1n) is 15.3. The van der Waals surface area contributed by atoms with Crippen LogP contribution >= 0.6 is 0 Å². The Morgan fingerprint density at radius 1 is 0.810 bits per heavy atom. The Labute approximate surface area is 250 Å². The second-order valence-electron chi connectivity index (χ2n) is 14.4. The maximum absolute atomic E-state index is 7.21. The van der Waals surface area contributed by atoms with Gasteiger partial charge in [0, 0.05) is 23.3 Å². The largest absolute Gasteiger partial charge is 0.484 e. The van der Waals surface area contributed by atoms with Crippen LogP contribution in [0.5, 0.6) is 5.75 Å². The summed E-state index contributed by atoms with van der Waals surface area (Å²) in [7, 11) is 2.22. The Morgan fingerprint density at radius 3 is 2.26 bits per heavy atom. The lowest BCUT2D eigenvalue weighted by Crippen LogP contribution is -2.40. The van der Waals surface area contributed by atoms with Crippen LogP contribution in [0, 0.1) is 12.8 Å². The SMILES string of the molecule is Cc1ccccc1-c1cccc[n+]1CC1C2Oc3c(cc(C(C)(C)C)cc3C(C)(C)C)-c3n(C)c4ccccc4[n+]3C12. The van der Waals surface area contributed by atoms with E-state index in [0.29, 0.717) is 5.92 Å². The fraction of sp³-hybridized carbons (Fsp3) is 0.368. The Balaban J connectivity index is 1.42. The summed E-state index contributed by atoms with van der Waals surface area (Å²) in [4.78, 5) is 0. The third-order valence-electron chi connectivity index (χ3n) is 9.43. The van der Waals surface area contributed by atoms with Gasteiger partial charge >= 0.3 is 0 Å². The lowest BCUT2D eigenvalue weighted by atomic mass is 9.78. The standard InChI is InChI=1S/C38H43N3O/c1-24-15-9-10-16-26(24)30-17-13-14-20-40(30)23-28-33-35(28)42-34-27(21-25(37(2,3)4)22-29(34)38(5,6)7)36-39(8)31-18-11-12-19-32(31)41(33)36/h9-22,28,33,35H,23H2,1-8H3/q+2. The van der Waals surface area contributed by atoms with Gasteiger partial charge in [-0.1, -0.05) is 77.9 Å². The average Bonchev–Trinajstić information content (AvgIpc) is 3.55. The van der Waals surface area contributed by atoms with Gasteiger partial charge in [0.15, 0.2) is 35.9 Å². The van der Waals surface area contributed by atoms with Gasteiger partial charge in [-0.3, -0.25) is 0 Å². The molecule has 0 N–H and O–H groups in total. The Hall–Kier alpha value is -3.92. The summed E-state index contributed by atoms with van der Waals surface area (Å²) in [5.74, 6) is 2.65. The number of ether oxygens (including phenoxy) is 1. The van der Waals surface area contributed by atoms with E-state index in [-0.39, 0.29) is 23.0 Å². The summed E-state index contributed by atoms with van der Waals surface area (Å²) >= 11 is 0. The van der Waals surface area contributed by atoms with E-state index in [2.05, 4.69) is 154 Å². The number of hydrogen-bond donors (Lipinski definition) is 0. The Bertz CT molecular complexity index is 1850. The van der Waals surface area contributed by atoms with Crippen molar-refractivity contribution in [2.45, 2.75) is 78.0 Å². The van der Waals surface area contributed by atoms with E-state index in [4.69, 9.17) is 4.74 Å². The van der Waals surface area contributed by atoms with Crippen LogP contribution in [0.4, 0.5) is 0 Å². The quantitative estimate of drug-likeness (QED) is 0.209. The first-order chi connectivity index (χ1) is 19.9. The van der Waals surface area contributed by atoms with Crippen molar-refractivity contribution < 1.29 is 13.9 Å². The highest BCUT2D eigenvalue weighted by Crippen LogP contribution is 2.53. The summed E-state index contributed by atoms with van der Waals surface area (Å²) in [5.41, 5.74) is 10.2. The minimum atomic E-state index is -0.0584. The van der Waals surface area contributed by atoms with Gasteiger partial charge in [-0.15, -0.1) is 0 Å². The smallest absolute Gasteiger partial charge is 0.293 e. The predicted molar refractivity (Wildman–Crippen MR) is 170 cm³/mol. The van der Waals surface area contributed by atoms with Gasteiger partial charge in [-0.2, -0.15) is 4.57 Å². The van der Waals surface area contributed by atoms with Gasteiger partial charge in [-0.25, -0.2) is 9.13 Å². The number of aromatic nitrogens is 3. The van der Waals surface area contributed by atoms with Crippen LogP contribution in [0.2, 0.25) is 0 Å². The minimum absolute atomic E-state index is 0.0259. The number of imidazole rings is 1. The molecule has 0 bridgehead atoms. The molecule has 3 aromatic carbocycles. The van der Waals surface area contributed by atoms with E-state index in [1.54, 1.807) is 0 Å². The zero-order valence-corrected chi connectivity index (χ0v) is 26.3. The van der Waals surface area contributed by atoms with E-state index in [0.717, 1.165) is 12.3 Å². The molecule has 1 aliphatic carbocycles. The number of nitrogens with zero attached hydrogens (tertiary/aromatic N) is 3. The number of rotatable bonds is 3. The first kappa shape index (κ1) is 26.9. The molecule has 1 fully saturated rings. The van der Waals surface area contributed by atoms with Crippen molar-refractivity contribution in [2.75, 3.05) is 0 Å². The number of fused-ring (bicyclic) bond motifs is 7. The first-order valence-corrected chi connectivity index (χ1v) is 15.3. The van der Waals surface area contributed by atoms with Gasteiger partial charge in [0.2, 0.25) is 5.69 Å². The maximum atomic E-state index is 7.21. The van der Waals surface area contributed by atoms with Crippen LogP contribution in [-0.4, -0.2) is 10.7 Å². The highest BCUT2D eigenvalue weighted by Gasteiger charge is 2.64. The number of para-hydroxylation sites is 2. The van der Waals surface area contributed by atoms with E-state index in [1.807, 2.05) is 0 Å². The molecular formula is C38H43N3O+2. The second-order valence-corrected chi connectivity index (χ2v) is 14.4. The normalized spacial score (nSPS) is 19.5. The van der Waals surface area contributed by atoms with Crippen molar-refractivity contribution in [2.24, 2.45) is 13.0 Å². The van der Waals surface area contributed by atoms with Gasteiger partial charge < -0.3 is 4.74 Å². The molecule has 0 saturated heterocycles. The molecule has 1 saturated carbocycles. The average molecular weight is 558 g/mol. The molecule has 0 spiro atoms. The fourth-order valence-corrected chi connectivity index (χ4v) is 7.00. The molecule has 0 amide bonds. The highest BCUT2D eigenvalue weighted by atomic mass is 16.5. The van der Waals surface area contributed by atoms with Gasteiger partial charge in [0.25, 0.3) is 5.82 Å². The van der Waals surface area contributed by atoms with Crippen LogP contribution in [-0.2, 0) is 24.4 Å². The van der Waals surface area contributed by atoms with Crippen molar-refractivity contribution in [3.05, 3.63) is 102 Å². The summed E-state index contributed by atoms with van der Waals surface area (Å²) in [6.07, 6.45) is 2.33. The summed E-state index contributed by atoms with van der Waals surface area (Å²) in [6.45, 7) is 17.0. The predicted octanol–water partition coefficient (Wildman–Crippen LogP) is 7.62. The summed E-state index contributed by atoms with van der Waals surface area (Å²) < 4.78 is 14.6. The van der Waals surface area contributed by atoms with Gasteiger partial charge in [0.05, 0.1) is 7.05 Å². The highest BCUT2D eigenvalue weighted by molar-refractivity contribution is 5.79. The van der Waals surface area contributed by atoms with Crippen molar-refractivity contribution >= 4 is 11.0 Å².